The van der Waals surface area contributed by atoms with Crippen molar-refractivity contribution in [1.29, 1.82) is 0 Å². The number of benzene rings is 1. The minimum Gasteiger partial charge on any atom is -0.360 e. The van der Waals surface area contributed by atoms with E-state index in [1.807, 2.05) is 0 Å². The van der Waals surface area contributed by atoms with Crippen molar-refractivity contribution in [2.75, 3.05) is 18.4 Å². The zero-order valence-electron chi connectivity index (χ0n) is 10.6. The molecule has 6 heteroatoms. The van der Waals surface area contributed by atoms with Gasteiger partial charge < -0.3 is 11.1 Å². The highest BCUT2D eigenvalue weighted by molar-refractivity contribution is 7.18. The SMILES string of the molecule is NCCCCCNc1nnc(-c2ccc(F)cc2)s1. The standard InChI is InChI=1S/C13H17FN4S/c14-11-6-4-10(5-7-11)12-17-18-13(19-12)16-9-3-1-2-8-15/h4-7H,1-3,8-9,15H2,(H,16,18). The van der Waals surface area contributed by atoms with Crippen LogP contribution in [0.15, 0.2) is 24.3 Å². The summed E-state index contributed by atoms with van der Waals surface area (Å²) < 4.78 is 12.8. The molecule has 1 aromatic heterocycles. The van der Waals surface area contributed by atoms with Crippen LogP contribution in [0, 0.1) is 5.82 Å². The second-order valence-electron chi connectivity index (χ2n) is 4.20. The first-order valence-electron chi connectivity index (χ1n) is 6.33. The first-order valence-corrected chi connectivity index (χ1v) is 7.14. The Labute approximate surface area is 115 Å². The lowest BCUT2D eigenvalue weighted by Crippen LogP contribution is -2.03. The Morgan fingerprint density at radius 1 is 1.11 bits per heavy atom. The Morgan fingerprint density at radius 3 is 2.63 bits per heavy atom. The van der Waals surface area contributed by atoms with Crippen molar-refractivity contribution in [1.82, 2.24) is 10.2 Å². The molecule has 0 aliphatic carbocycles. The van der Waals surface area contributed by atoms with Crippen LogP contribution in [0.5, 0.6) is 0 Å². The Kier molecular flexibility index (Phi) is 5.23. The summed E-state index contributed by atoms with van der Waals surface area (Å²) in [6, 6.07) is 6.27. The lowest BCUT2D eigenvalue weighted by atomic mass is 10.2. The van der Waals surface area contributed by atoms with Crippen molar-refractivity contribution in [2.24, 2.45) is 5.73 Å². The molecule has 0 bridgehead atoms. The highest BCUT2D eigenvalue weighted by Crippen LogP contribution is 2.26. The van der Waals surface area contributed by atoms with Crippen LogP contribution in [0.4, 0.5) is 9.52 Å². The number of nitrogens with zero attached hydrogens (tertiary/aromatic N) is 2. The van der Waals surface area contributed by atoms with Crippen LogP contribution in [0.2, 0.25) is 0 Å². The number of aromatic nitrogens is 2. The number of unbranched alkanes of at least 4 members (excludes halogenated alkanes) is 2. The summed E-state index contributed by atoms with van der Waals surface area (Å²) in [6.45, 7) is 1.62. The molecule has 0 aliphatic rings. The van der Waals surface area contributed by atoms with E-state index in [1.165, 1.54) is 23.5 Å². The van der Waals surface area contributed by atoms with Crippen molar-refractivity contribution in [3.63, 3.8) is 0 Å². The number of rotatable bonds is 7. The summed E-state index contributed by atoms with van der Waals surface area (Å²) in [5.41, 5.74) is 6.32. The van der Waals surface area contributed by atoms with Crippen molar-refractivity contribution < 1.29 is 4.39 Å². The number of anilines is 1. The first-order chi connectivity index (χ1) is 9.29. The van der Waals surface area contributed by atoms with Gasteiger partial charge in [0, 0.05) is 12.1 Å². The molecule has 0 saturated heterocycles. The van der Waals surface area contributed by atoms with Gasteiger partial charge in [-0.15, -0.1) is 10.2 Å². The molecule has 3 N–H and O–H groups in total. The molecule has 19 heavy (non-hydrogen) atoms. The van der Waals surface area contributed by atoms with Crippen LogP contribution in [0.1, 0.15) is 19.3 Å². The summed E-state index contributed by atoms with van der Waals surface area (Å²) in [7, 11) is 0. The van der Waals surface area contributed by atoms with Gasteiger partial charge in [0.1, 0.15) is 10.8 Å². The van der Waals surface area contributed by atoms with E-state index in [4.69, 9.17) is 5.73 Å². The third kappa shape index (κ3) is 4.25. The van der Waals surface area contributed by atoms with E-state index < -0.39 is 0 Å². The topological polar surface area (TPSA) is 63.8 Å². The Morgan fingerprint density at radius 2 is 1.89 bits per heavy atom. The highest BCUT2D eigenvalue weighted by atomic mass is 32.1. The van der Waals surface area contributed by atoms with E-state index in [0.717, 1.165) is 48.1 Å². The van der Waals surface area contributed by atoms with Crippen molar-refractivity contribution >= 4 is 16.5 Å². The summed E-state index contributed by atoms with van der Waals surface area (Å²) in [5.74, 6) is -0.244. The number of nitrogens with two attached hydrogens (primary N) is 1. The molecule has 2 aromatic rings. The molecule has 0 fully saturated rings. The fourth-order valence-electron chi connectivity index (χ4n) is 1.65. The van der Waals surface area contributed by atoms with Crippen LogP contribution in [0.25, 0.3) is 10.6 Å². The largest absolute Gasteiger partial charge is 0.360 e. The highest BCUT2D eigenvalue weighted by Gasteiger charge is 2.06. The van der Waals surface area contributed by atoms with E-state index in [2.05, 4.69) is 15.5 Å². The predicted molar refractivity (Wildman–Crippen MR) is 76.7 cm³/mol. The average molecular weight is 280 g/mol. The van der Waals surface area contributed by atoms with Crippen LogP contribution in [-0.4, -0.2) is 23.3 Å². The Hall–Kier alpha value is -1.53. The number of hydrogen-bond acceptors (Lipinski definition) is 5. The maximum Gasteiger partial charge on any atom is 0.206 e. The lowest BCUT2D eigenvalue weighted by molar-refractivity contribution is 0.628. The van der Waals surface area contributed by atoms with Gasteiger partial charge in [-0.2, -0.15) is 0 Å². The van der Waals surface area contributed by atoms with Crippen LogP contribution in [-0.2, 0) is 0 Å². The van der Waals surface area contributed by atoms with Crippen molar-refractivity contribution in [3.05, 3.63) is 30.1 Å². The maximum absolute atomic E-state index is 12.8. The molecule has 0 amide bonds. The van der Waals surface area contributed by atoms with Gasteiger partial charge in [0.15, 0.2) is 0 Å². The Balaban J connectivity index is 1.86. The second-order valence-corrected chi connectivity index (χ2v) is 5.17. The van der Waals surface area contributed by atoms with Crippen molar-refractivity contribution in [2.45, 2.75) is 19.3 Å². The molecule has 2 rings (SSSR count). The van der Waals surface area contributed by atoms with Gasteiger partial charge in [0.2, 0.25) is 5.13 Å². The number of halogens is 1. The second kappa shape index (κ2) is 7.16. The predicted octanol–water partition coefficient (Wildman–Crippen LogP) is 2.89. The zero-order valence-corrected chi connectivity index (χ0v) is 11.4. The van der Waals surface area contributed by atoms with E-state index in [0.29, 0.717) is 0 Å². The molecular formula is C13H17FN4S. The molecule has 0 aliphatic heterocycles. The minimum atomic E-state index is -0.244. The van der Waals surface area contributed by atoms with Gasteiger partial charge >= 0.3 is 0 Å². The summed E-state index contributed by atoms with van der Waals surface area (Å²) in [5, 5.41) is 13.0. The molecule has 102 valence electrons. The molecule has 1 aromatic carbocycles. The fourth-order valence-corrected chi connectivity index (χ4v) is 2.42. The van der Waals surface area contributed by atoms with Gasteiger partial charge in [-0.25, -0.2) is 4.39 Å². The molecule has 0 saturated carbocycles. The first kappa shape index (κ1) is 13.9. The van der Waals surface area contributed by atoms with Gasteiger partial charge in [-0.3, -0.25) is 0 Å². The number of nitrogens with one attached hydrogen (secondary N) is 1. The lowest BCUT2D eigenvalue weighted by Gasteiger charge is -2.00. The number of hydrogen-bond donors (Lipinski definition) is 2. The maximum atomic E-state index is 12.8. The molecule has 0 unspecified atom stereocenters. The summed E-state index contributed by atoms with van der Waals surface area (Å²) in [4.78, 5) is 0. The fraction of sp³-hybridized carbons (Fsp3) is 0.385. The van der Waals surface area contributed by atoms with E-state index in [1.54, 1.807) is 12.1 Å². The summed E-state index contributed by atoms with van der Waals surface area (Å²) in [6.07, 6.45) is 3.24. The monoisotopic (exact) mass is 280 g/mol. The summed E-state index contributed by atoms with van der Waals surface area (Å²) >= 11 is 1.48. The van der Waals surface area contributed by atoms with Crippen molar-refractivity contribution in [3.8, 4) is 10.6 Å². The average Bonchev–Trinajstić information content (AvgIpc) is 2.88. The minimum absolute atomic E-state index is 0.244. The van der Waals surface area contributed by atoms with Gasteiger partial charge in [-0.05, 0) is 43.7 Å². The normalized spacial score (nSPS) is 10.6. The molecular weight excluding hydrogens is 263 g/mol. The van der Waals surface area contributed by atoms with Crippen LogP contribution in [0.3, 0.4) is 0 Å². The van der Waals surface area contributed by atoms with Crippen LogP contribution >= 0.6 is 11.3 Å². The smallest absolute Gasteiger partial charge is 0.206 e. The Bertz CT molecular complexity index is 498. The molecule has 0 atom stereocenters. The van der Waals surface area contributed by atoms with E-state index in [9.17, 15) is 4.39 Å². The van der Waals surface area contributed by atoms with E-state index >= 15 is 0 Å². The van der Waals surface area contributed by atoms with Gasteiger partial charge in [0.05, 0.1) is 0 Å². The molecule has 0 spiro atoms. The third-order valence-electron chi connectivity index (χ3n) is 2.67. The quantitative estimate of drug-likeness (QED) is 0.765. The molecule has 1 heterocycles. The third-order valence-corrected chi connectivity index (χ3v) is 3.60. The van der Waals surface area contributed by atoms with E-state index in [-0.39, 0.29) is 5.82 Å². The van der Waals surface area contributed by atoms with Crippen LogP contribution < -0.4 is 11.1 Å². The van der Waals surface area contributed by atoms with Gasteiger partial charge in [-0.1, -0.05) is 17.8 Å². The molecule has 4 nitrogen and oxygen atoms in total. The molecule has 0 radical (unpaired) electrons. The van der Waals surface area contributed by atoms with Gasteiger partial charge in [0.25, 0.3) is 0 Å². The zero-order chi connectivity index (χ0) is 13.5.